The van der Waals surface area contributed by atoms with Crippen LogP contribution in [0.5, 0.6) is 0 Å². The number of carbonyl (C=O) groups is 2. The van der Waals surface area contributed by atoms with Gasteiger partial charge in [-0.2, -0.15) is 5.10 Å². The molecule has 2 aromatic carbocycles. The number of oxazole rings is 1. The van der Waals surface area contributed by atoms with Gasteiger partial charge in [0.25, 0.3) is 0 Å². The fourth-order valence-corrected chi connectivity index (χ4v) is 2.80. The van der Waals surface area contributed by atoms with Gasteiger partial charge in [-0.25, -0.2) is 14.2 Å². The number of amides is 1. The average molecular weight is 380 g/mol. The van der Waals surface area contributed by atoms with Crippen molar-refractivity contribution >= 4 is 28.5 Å². The molecule has 0 radical (unpaired) electrons. The van der Waals surface area contributed by atoms with Crippen LogP contribution in [0.2, 0.25) is 0 Å². The van der Waals surface area contributed by atoms with Crippen LogP contribution in [0.1, 0.15) is 16.2 Å². The predicted molar refractivity (Wildman–Crippen MR) is 97.3 cm³/mol. The van der Waals surface area contributed by atoms with Crippen LogP contribution >= 0.6 is 0 Å². The van der Waals surface area contributed by atoms with E-state index in [1.807, 2.05) is 0 Å². The van der Waals surface area contributed by atoms with Crippen molar-refractivity contribution in [2.75, 3.05) is 5.32 Å². The molecule has 0 aliphatic rings. The summed E-state index contributed by atoms with van der Waals surface area (Å²) in [6.07, 6.45) is 1.26. The summed E-state index contributed by atoms with van der Waals surface area (Å²) in [6.45, 7) is 0. The summed E-state index contributed by atoms with van der Waals surface area (Å²) in [7, 11) is 0. The van der Waals surface area contributed by atoms with Crippen molar-refractivity contribution in [1.29, 1.82) is 0 Å². The van der Waals surface area contributed by atoms with E-state index in [1.165, 1.54) is 30.5 Å². The lowest BCUT2D eigenvalue weighted by Gasteiger charge is -2.06. The largest absolute Gasteiger partial charge is 0.476 e. The molecule has 8 nitrogen and oxygen atoms in total. The number of hydrogen-bond acceptors (Lipinski definition) is 5. The van der Waals surface area contributed by atoms with Gasteiger partial charge in [0.05, 0.1) is 28.7 Å². The van der Waals surface area contributed by atoms with Crippen LogP contribution < -0.4 is 5.32 Å². The Hall–Kier alpha value is -4.01. The topological polar surface area (TPSA) is 121 Å². The van der Waals surface area contributed by atoms with Crippen molar-refractivity contribution in [3.05, 3.63) is 65.9 Å². The highest BCUT2D eigenvalue weighted by atomic mass is 19.1. The molecule has 1 amide bonds. The molecule has 4 rings (SSSR count). The molecule has 3 N–H and O–H groups in total. The highest BCUT2D eigenvalue weighted by Gasteiger charge is 2.18. The number of nitrogens with zero attached hydrogens (tertiary/aromatic N) is 2. The summed E-state index contributed by atoms with van der Waals surface area (Å²) in [5.41, 5.74) is 1.62. The number of H-pyrrole nitrogens is 1. The molecule has 0 unspecified atom stereocenters. The Labute approximate surface area is 157 Å². The normalized spacial score (nSPS) is 10.9. The van der Waals surface area contributed by atoms with Crippen molar-refractivity contribution in [2.45, 2.75) is 6.42 Å². The number of carbonyl (C=O) groups excluding carboxylic acids is 1. The summed E-state index contributed by atoms with van der Waals surface area (Å²) in [5, 5.41) is 18.6. The number of carboxylic acid groups (broad SMARTS) is 1. The molecule has 0 aliphatic heterocycles. The van der Waals surface area contributed by atoms with Crippen LogP contribution in [0.4, 0.5) is 10.1 Å². The SMILES string of the molecule is O=C(Cc1coc(-c2ccc(F)cc2)n1)Nc1cccc2[nH]nc(C(=O)O)c12. The number of aromatic amines is 1. The van der Waals surface area contributed by atoms with Crippen LogP contribution in [0.25, 0.3) is 22.4 Å². The second-order valence-electron chi connectivity index (χ2n) is 5.98. The van der Waals surface area contributed by atoms with Crippen molar-refractivity contribution < 1.29 is 23.5 Å². The van der Waals surface area contributed by atoms with Crippen LogP contribution in [-0.4, -0.2) is 32.2 Å². The molecule has 0 atom stereocenters. The Balaban J connectivity index is 1.53. The minimum absolute atomic E-state index is 0.0820. The molecule has 0 fully saturated rings. The standard InChI is InChI=1S/C19H13FN4O4/c20-11-6-4-10(5-7-11)18-21-12(9-28-18)8-15(25)22-13-2-1-3-14-16(13)17(19(26)27)24-23-14/h1-7,9H,8H2,(H,22,25)(H,23,24)(H,26,27). The molecule has 0 saturated carbocycles. The molecule has 140 valence electrons. The van der Waals surface area contributed by atoms with E-state index < -0.39 is 11.9 Å². The molecule has 2 heterocycles. The number of aromatic nitrogens is 3. The third kappa shape index (κ3) is 3.32. The molecule has 28 heavy (non-hydrogen) atoms. The van der Waals surface area contributed by atoms with E-state index in [1.54, 1.807) is 18.2 Å². The average Bonchev–Trinajstić information content (AvgIpc) is 3.30. The lowest BCUT2D eigenvalue weighted by atomic mass is 10.1. The second-order valence-corrected chi connectivity index (χ2v) is 5.98. The number of fused-ring (bicyclic) bond motifs is 1. The fourth-order valence-electron chi connectivity index (χ4n) is 2.80. The van der Waals surface area contributed by atoms with Crippen LogP contribution in [0.3, 0.4) is 0 Å². The van der Waals surface area contributed by atoms with E-state index in [9.17, 15) is 19.1 Å². The second kappa shape index (κ2) is 6.95. The zero-order valence-corrected chi connectivity index (χ0v) is 14.3. The minimum Gasteiger partial charge on any atom is -0.476 e. The van der Waals surface area contributed by atoms with Gasteiger partial charge < -0.3 is 14.8 Å². The molecule has 0 bridgehead atoms. The first-order valence-corrected chi connectivity index (χ1v) is 8.22. The van der Waals surface area contributed by atoms with Gasteiger partial charge in [-0.3, -0.25) is 9.89 Å². The van der Waals surface area contributed by atoms with Crippen molar-refractivity contribution in [1.82, 2.24) is 15.2 Å². The highest BCUT2D eigenvalue weighted by Crippen LogP contribution is 2.25. The number of anilines is 1. The highest BCUT2D eigenvalue weighted by molar-refractivity contribution is 6.10. The van der Waals surface area contributed by atoms with Crippen molar-refractivity contribution in [3.63, 3.8) is 0 Å². The Bertz CT molecular complexity index is 1180. The smallest absolute Gasteiger partial charge is 0.357 e. The molecule has 4 aromatic rings. The third-order valence-corrected chi connectivity index (χ3v) is 4.05. The first-order chi connectivity index (χ1) is 13.5. The number of nitrogens with one attached hydrogen (secondary N) is 2. The Morgan fingerprint density at radius 2 is 1.96 bits per heavy atom. The summed E-state index contributed by atoms with van der Waals surface area (Å²) in [6, 6.07) is 10.6. The molecule has 2 aromatic heterocycles. The van der Waals surface area contributed by atoms with Gasteiger partial charge in [0.15, 0.2) is 5.69 Å². The van der Waals surface area contributed by atoms with Gasteiger partial charge in [0.2, 0.25) is 11.8 Å². The minimum atomic E-state index is -1.20. The number of hydrogen-bond donors (Lipinski definition) is 3. The molecule has 0 saturated heterocycles. The molecular formula is C19H13FN4O4. The van der Waals surface area contributed by atoms with Crippen LogP contribution in [0, 0.1) is 5.82 Å². The summed E-state index contributed by atoms with van der Waals surface area (Å²) < 4.78 is 18.3. The maximum Gasteiger partial charge on any atom is 0.357 e. The molecule has 9 heteroatoms. The maximum atomic E-state index is 13.0. The van der Waals surface area contributed by atoms with Crippen molar-refractivity contribution in [2.24, 2.45) is 0 Å². The molecule has 0 spiro atoms. The number of carboxylic acids is 1. The maximum absolute atomic E-state index is 13.0. The van der Waals surface area contributed by atoms with E-state index in [2.05, 4.69) is 20.5 Å². The summed E-state index contributed by atoms with van der Waals surface area (Å²) in [5.74, 6) is -1.70. The Morgan fingerprint density at radius 1 is 1.18 bits per heavy atom. The molecule has 0 aliphatic carbocycles. The van der Waals surface area contributed by atoms with E-state index >= 15 is 0 Å². The predicted octanol–water partition coefficient (Wildman–Crippen LogP) is 3.24. The third-order valence-electron chi connectivity index (χ3n) is 4.05. The van der Waals surface area contributed by atoms with E-state index in [0.29, 0.717) is 27.8 Å². The number of benzene rings is 2. The van der Waals surface area contributed by atoms with Gasteiger partial charge >= 0.3 is 5.97 Å². The first-order valence-electron chi connectivity index (χ1n) is 8.22. The lowest BCUT2D eigenvalue weighted by Crippen LogP contribution is -2.15. The van der Waals surface area contributed by atoms with Crippen LogP contribution in [-0.2, 0) is 11.2 Å². The quantitative estimate of drug-likeness (QED) is 0.489. The first kappa shape index (κ1) is 17.4. The monoisotopic (exact) mass is 380 g/mol. The van der Waals surface area contributed by atoms with E-state index in [4.69, 9.17) is 4.42 Å². The summed E-state index contributed by atoms with van der Waals surface area (Å²) in [4.78, 5) is 27.9. The summed E-state index contributed by atoms with van der Waals surface area (Å²) >= 11 is 0. The number of aromatic carboxylic acids is 1. The van der Waals surface area contributed by atoms with Gasteiger partial charge in [0, 0.05) is 5.56 Å². The zero-order chi connectivity index (χ0) is 19.7. The zero-order valence-electron chi connectivity index (χ0n) is 14.3. The van der Waals surface area contributed by atoms with Gasteiger partial charge in [0.1, 0.15) is 12.1 Å². The van der Waals surface area contributed by atoms with Gasteiger partial charge in [-0.1, -0.05) is 6.07 Å². The Morgan fingerprint density at radius 3 is 2.71 bits per heavy atom. The van der Waals surface area contributed by atoms with Crippen molar-refractivity contribution in [3.8, 4) is 11.5 Å². The molecular weight excluding hydrogens is 367 g/mol. The number of rotatable bonds is 5. The van der Waals surface area contributed by atoms with E-state index in [0.717, 1.165) is 0 Å². The van der Waals surface area contributed by atoms with E-state index in [-0.39, 0.29) is 23.8 Å². The fraction of sp³-hybridized carbons (Fsp3) is 0.0526. The van der Waals surface area contributed by atoms with Gasteiger partial charge in [-0.05, 0) is 36.4 Å². The van der Waals surface area contributed by atoms with Gasteiger partial charge in [-0.15, -0.1) is 0 Å². The lowest BCUT2D eigenvalue weighted by molar-refractivity contribution is -0.115. The van der Waals surface area contributed by atoms with Crippen LogP contribution in [0.15, 0.2) is 53.1 Å². The number of halogens is 1. The Kier molecular flexibility index (Phi) is 4.32.